The lowest BCUT2D eigenvalue weighted by atomic mass is 10.1. The first-order chi connectivity index (χ1) is 18.4. The van der Waals surface area contributed by atoms with Crippen LogP contribution < -0.4 is 0 Å². The summed E-state index contributed by atoms with van der Waals surface area (Å²) in [7, 11) is 0. The van der Waals surface area contributed by atoms with E-state index in [1.54, 1.807) is 21.9 Å². The Kier molecular flexibility index (Phi) is 11.6. The molecule has 2 aromatic carbocycles. The van der Waals surface area contributed by atoms with Crippen molar-refractivity contribution in [2.75, 3.05) is 26.3 Å². The molecule has 0 saturated heterocycles. The average molecular weight is 523 g/mol. The number of benzene rings is 2. The van der Waals surface area contributed by atoms with Gasteiger partial charge < -0.3 is 19.0 Å². The van der Waals surface area contributed by atoms with Gasteiger partial charge in [-0.3, -0.25) is 9.59 Å². The standard InChI is InChI=1S/C31H39FN2O4/c1-4-6-8-25-10-14-27(15-11-25)31(36)33(19-7-20-37-5-2)23-30(35)34(22-29-18-9-24(3)38-29)21-26-12-16-28(32)17-13-26/h9-18H,4-8,19-23H2,1-3H3. The van der Waals surface area contributed by atoms with Crippen molar-refractivity contribution in [3.8, 4) is 0 Å². The number of hydrogen-bond acceptors (Lipinski definition) is 4. The molecule has 0 bridgehead atoms. The van der Waals surface area contributed by atoms with Crippen LogP contribution in [0.4, 0.5) is 4.39 Å². The van der Waals surface area contributed by atoms with Crippen molar-refractivity contribution < 1.29 is 23.1 Å². The van der Waals surface area contributed by atoms with E-state index in [1.807, 2.05) is 50.2 Å². The first-order valence-corrected chi connectivity index (χ1v) is 13.4. The number of amides is 2. The third kappa shape index (κ3) is 9.14. The summed E-state index contributed by atoms with van der Waals surface area (Å²) in [6.45, 7) is 7.87. The Hall–Kier alpha value is -3.45. The second-order valence-corrected chi connectivity index (χ2v) is 9.47. The van der Waals surface area contributed by atoms with E-state index in [9.17, 15) is 14.0 Å². The van der Waals surface area contributed by atoms with Crippen LogP contribution in [0, 0.1) is 12.7 Å². The van der Waals surface area contributed by atoms with E-state index < -0.39 is 0 Å². The maximum absolute atomic E-state index is 13.6. The average Bonchev–Trinajstić information content (AvgIpc) is 3.34. The van der Waals surface area contributed by atoms with Gasteiger partial charge in [-0.05, 0) is 80.6 Å². The predicted molar refractivity (Wildman–Crippen MR) is 146 cm³/mol. The Bertz CT molecular complexity index is 1140. The smallest absolute Gasteiger partial charge is 0.254 e. The highest BCUT2D eigenvalue weighted by Crippen LogP contribution is 2.16. The van der Waals surface area contributed by atoms with Crippen molar-refractivity contribution in [1.29, 1.82) is 0 Å². The summed E-state index contributed by atoms with van der Waals surface area (Å²) in [5, 5.41) is 0. The number of ether oxygens (including phenoxy) is 1. The van der Waals surface area contributed by atoms with Crippen LogP contribution in [0.2, 0.25) is 0 Å². The minimum Gasteiger partial charge on any atom is -0.464 e. The molecule has 3 aromatic rings. The Balaban J connectivity index is 1.78. The number of carbonyl (C=O) groups is 2. The molecule has 204 valence electrons. The summed E-state index contributed by atoms with van der Waals surface area (Å²) in [4.78, 5) is 30.4. The van der Waals surface area contributed by atoms with Gasteiger partial charge in [-0.25, -0.2) is 4.39 Å². The first kappa shape index (κ1) is 29.1. The van der Waals surface area contributed by atoms with Gasteiger partial charge in [0.05, 0.1) is 6.54 Å². The Morgan fingerprint density at radius 2 is 1.58 bits per heavy atom. The summed E-state index contributed by atoms with van der Waals surface area (Å²) in [6, 6.07) is 17.4. The van der Waals surface area contributed by atoms with Crippen molar-refractivity contribution in [1.82, 2.24) is 9.80 Å². The van der Waals surface area contributed by atoms with Crippen LogP contribution in [-0.2, 0) is 29.0 Å². The number of halogens is 1. The predicted octanol–water partition coefficient (Wildman–Crippen LogP) is 6.17. The Morgan fingerprint density at radius 1 is 0.868 bits per heavy atom. The zero-order valence-corrected chi connectivity index (χ0v) is 22.7. The molecular weight excluding hydrogens is 483 g/mol. The normalized spacial score (nSPS) is 10.9. The van der Waals surface area contributed by atoms with Gasteiger partial charge in [-0.1, -0.05) is 37.6 Å². The molecule has 0 aliphatic carbocycles. The van der Waals surface area contributed by atoms with Crippen LogP contribution in [0.1, 0.15) is 66.1 Å². The van der Waals surface area contributed by atoms with E-state index in [1.165, 1.54) is 17.7 Å². The molecule has 7 heteroatoms. The second kappa shape index (κ2) is 15.1. The van der Waals surface area contributed by atoms with Crippen molar-refractivity contribution in [3.05, 3.63) is 94.7 Å². The van der Waals surface area contributed by atoms with Gasteiger partial charge in [0, 0.05) is 31.9 Å². The molecule has 0 aliphatic rings. The van der Waals surface area contributed by atoms with Crippen LogP contribution >= 0.6 is 0 Å². The number of hydrogen-bond donors (Lipinski definition) is 0. The van der Waals surface area contributed by atoms with Crippen molar-refractivity contribution >= 4 is 11.8 Å². The molecule has 2 amide bonds. The van der Waals surface area contributed by atoms with Gasteiger partial charge in [-0.2, -0.15) is 0 Å². The molecule has 38 heavy (non-hydrogen) atoms. The number of furan rings is 1. The van der Waals surface area contributed by atoms with Crippen LogP contribution in [0.15, 0.2) is 65.1 Å². The number of unbranched alkanes of at least 4 members (excludes halogenated alkanes) is 1. The molecule has 0 fully saturated rings. The molecule has 0 spiro atoms. The number of carbonyl (C=O) groups excluding carboxylic acids is 2. The van der Waals surface area contributed by atoms with Crippen LogP contribution in [0.25, 0.3) is 0 Å². The lowest BCUT2D eigenvalue weighted by Gasteiger charge is -2.27. The number of rotatable bonds is 15. The van der Waals surface area contributed by atoms with E-state index in [-0.39, 0.29) is 37.3 Å². The molecule has 0 N–H and O–H groups in total. The SMILES string of the molecule is CCCCc1ccc(C(=O)N(CCCOCC)CC(=O)N(Cc2ccc(F)cc2)Cc2ccc(C)o2)cc1. The summed E-state index contributed by atoms with van der Waals surface area (Å²) < 4.78 is 24.7. The highest BCUT2D eigenvalue weighted by atomic mass is 19.1. The zero-order valence-electron chi connectivity index (χ0n) is 22.7. The Labute approximate surface area is 225 Å². The minimum atomic E-state index is -0.333. The van der Waals surface area contributed by atoms with Crippen LogP contribution in [0.5, 0.6) is 0 Å². The van der Waals surface area contributed by atoms with Gasteiger partial charge in [0.15, 0.2) is 0 Å². The van der Waals surface area contributed by atoms with E-state index in [0.717, 1.165) is 30.6 Å². The fourth-order valence-electron chi connectivity index (χ4n) is 4.20. The fraction of sp³-hybridized carbons (Fsp3) is 0.419. The molecular formula is C31H39FN2O4. The van der Waals surface area contributed by atoms with Gasteiger partial charge >= 0.3 is 0 Å². The molecule has 0 saturated carbocycles. The summed E-state index contributed by atoms with van der Waals surface area (Å²) in [5.74, 6) is 0.666. The van der Waals surface area contributed by atoms with Crippen molar-refractivity contribution in [2.24, 2.45) is 0 Å². The van der Waals surface area contributed by atoms with Gasteiger partial charge in [0.25, 0.3) is 5.91 Å². The molecule has 1 heterocycles. The molecule has 0 atom stereocenters. The lowest BCUT2D eigenvalue weighted by Crippen LogP contribution is -2.43. The third-order valence-electron chi connectivity index (χ3n) is 6.34. The maximum Gasteiger partial charge on any atom is 0.254 e. The van der Waals surface area contributed by atoms with E-state index in [0.29, 0.717) is 37.5 Å². The zero-order chi connectivity index (χ0) is 27.3. The maximum atomic E-state index is 13.6. The fourth-order valence-corrected chi connectivity index (χ4v) is 4.20. The lowest BCUT2D eigenvalue weighted by molar-refractivity contribution is -0.133. The number of nitrogens with zero attached hydrogens (tertiary/aromatic N) is 2. The highest BCUT2D eigenvalue weighted by molar-refractivity contribution is 5.96. The van der Waals surface area contributed by atoms with Crippen molar-refractivity contribution in [3.63, 3.8) is 0 Å². The molecule has 0 unspecified atom stereocenters. The third-order valence-corrected chi connectivity index (χ3v) is 6.34. The summed E-state index contributed by atoms with van der Waals surface area (Å²) in [6.07, 6.45) is 3.82. The number of aryl methyl sites for hydroxylation is 2. The van der Waals surface area contributed by atoms with Crippen LogP contribution in [-0.4, -0.2) is 47.9 Å². The van der Waals surface area contributed by atoms with Gasteiger partial charge in [0.1, 0.15) is 23.9 Å². The topological polar surface area (TPSA) is 63.0 Å². The monoisotopic (exact) mass is 522 g/mol. The van der Waals surface area contributed by atoms with Gasteiger partial charge in [0.2, 0.25) is 5.91 Å². The van der Waals surface area contributed by atoms with E-state index in [2.05, 4.69) is 6.92 Å². The van der Waals surface area contributed by atoms with Crippen LogP contribution in [0.3, 0.4) is 0 Å². The largest absolute Gasteiger partial charge is 0.464 e. The van der Waals surface area contributed by atoms with E-state index >= 15 is 0 Å². The second-order valence-electron chi connectivity index (χ2n) is 9.47. The summed E-state index contributed by atoms with van der Waals surface area (Å²) >= 11 is 0. The molecule has 0 radical (unpaired) electrons. The highest BCUT2D eigenvalue weighted by Gasteiger charge is 2.23. The molecule has 1 aromatic heterocycles. The molecule has 6 nitrogen and oxygen atoms in total. The van der Waals surface area contributed by atoms with Gasteiger partial charge in [-0.15, -0.1) is 0 Å². The molecule has 3 rings (SSSR count). The van der Waals surface area contributed by atoms with Crippen molar-refractivity contribution in [2.45, 2.75) is 59.5 Å². The minimum absolute atomic E-state index is 0.0799. The summed E-state index contributed by atoms with van der Waals surface area (Å²) in [5.41, 5.74) is 2.54. The molecule has 0 aliphatic heterocycles. The Morgan fingerprint density at radius 3 is 2.21 bits per heavy atom. The quantitative estimate of drug-likeness (QED) is 0.224. The first-order valence-electron chi connectivity index (χ1n) is 13.4. The van der Waals surface area contributed by atoms with E-state index in [4.69, 9.17) is 9.15 Å².